The number of methoxy groups -OCH3 is 1. The fourth-order valence-corrected chi connectivity index (χ4v) is 3.17. The number of piperazine rings is 1. The van der Waals surface area contributed by atoms with Gasteiger partial charge in [0, 0.05) is 38.3 Å². The van der Waals surface area contributed by atoms with Crippen molar-refractivity contribution >= 4 is 12.0 Å². The van der Waals surface area contributed by atoms with Gasteiger partial charge in [-0.15, -0.1) is 0 Å². The van der Waals surface area contributed by atoms with Crippen molar-refractivity contribution in [2.75, 3.05) is 39.9 Å². The molecule has 2 heterocycles. The van der Waals surface area contributed by atoms with Gasteiger partial charge in [0.2, 0.25) is 5.91 Å². The van der Waals surface area contributed by atoms with Gasteiger partial charge in [0.25, 0.3) is 0 Å². The summed E-state index contributed by atoms with van der Waals surface area (Å²) >= 11 is 0. The quantitative estimate of drug-likeness (QED) is 0.683. The van der Waals surface area contributed by atoms with E-state index in [2.05, 4.69) is 10.1 Å². The van der Waals surface area contributed by atoms with Gasteiger partial charge >= 0.3 is 0 Å². The molecule has 1 aliphatic heterocycles. The zero-order chi connectivity index (χ0) is 19.9. The molecule has 0 saturated carbocycles. The van der Waals surface area contributed by atoms with Crippen LogP contribution in [-0.4, -0.2) is 60.8 Å². The first-order valence-corrected chi connectivity index (χ1v) is 9.51. The Labute approximate surface area is 165 Å². The van der Waals surface area contributed by atoms with Crippen LogP contribution in [0.15, 0.2) is 34.9 Å². The minimum absolute atomic E-state index is 0.0167. The third-order valence-corrected chi connectivity index (χ3v) is 4.65. The molecule has 0 spiro atoms. The number of aryl methyl sites for hydroxylation is 1. The molecule has 7 nitrogen and oxygen atoms in total. The van der Waals surface area contributed by atoms with Crippen LogP contribution in [-0.2, 0) is 11.3 Å². The zero-order valence-corrected chi connectivity index (χ0v) is 16.7. The number of benzene rings is 1. The number of ether oxygens (including phenoxy) is 2. The molecule has 2 aromatic rings. The molecule has 0 radical (unpaired) electrons. The predicted octanol–water partition coefficient (Wildman–Crippen LogP) is 2.75. The van der Waals surface area contributed by atoms with Gasteiger partial charge in [0.15, 0.2) is 17.3 Å². The summed E-state index contributed by atoms with van der Waals surface area (Å²) in [6, 6.07) is 7.59. The van der Waals surface area contributed by atoms with Gasteiger partial charge in [-0.25, -0.2) is 0 Å². The largest absolute Gasteiger partial charge is 0.493 e. The van der Waals surface area contributed by atoms with Gasteiger partial charge in [-0.3, -0.25) is 9.69 Å². The number of hydrogen-bond acceptors (Lipinski definition) is 6. The molecule has 0 atom stereocenters. The molecule has 0 aliphatic carbocycles. The minimum Gasteiger partial charge on any atom is -0.493 e. The molecular weight excluding hydrogens is 358 g/mol. The summed E-state index contributed by atoms with van der Waals surface area (Å²) in [6.45, 7) is 8.17. The number of hydrogen-bond donors (Lipinski definition) is 0. The van der Waals surface area contributed by atoms with Gasteiger partial charge in [0.1, 0.15) is 0 Å². The number of aromatic nitrogens is 1. The molecule has 3 rings (SSSR count). The molecule has 0 unspecified atom stereocenters. The maximum atomic E-state index is 12.5. The van der Waals surface area contributed by atoms with E-state index in [9.17, 15) is 4.79 Å². The summed E-state index contributed by atoms with van der Waals surface area (Å²) in [6.07, 6.45) is 3.43. The highest BCUT2D eigenvalue weighted by Crippen LogP contribution is 2.28. The second-order valence-corrected chi connectivity index (χ2v) is 6.71. The Bertz CT molecular complexity index is 823. The van der Waals surface area contributed by atoms with Crippen LogP contribution in [0.2, 0.25) is 0 Å². The number of carbonyl (C=O) groups excluding carboxylic acids is 1. The van der Waals surface area contributed by atoms with Crippen LogP contribution < -0.4 is 9.47 Å². The van der Waals surface area contributed by atoms with Crippen molar-refractivity contribution < 1.29 is 18.8 Å². The Morgan fingerprint density at radius 2 is 2.00 bits per heavy atom. The van der Waals surface area contributed by atoms with Crippen LogP contribution in [0.25, 0.3) is 6.08 Å². The summed E-state index contributed by atoms with van der Waals surface area (Å²) in [5, 5.41) is 3.91. The molecule has 1 aliphatic rings. The monoisotopic (exact) mass is 385 g/mol. The topological polar surface area (TPSA) is 68.0 Å². The van der Waals surface area contributed by atoms with Crippen molar-refractivity contribution in [3.05, 3.63) is 47.4 Å². The average Bonchev–Trinajstić information content (AvgIpc) is 3.12. The molecule has 150 valence electrons. The summed E-state index contributed by atoms with van der Waals surface area (Å²) in [5.41, 5.74) is 1.79. The molecule has 1 aromatic carbocycles. The molecular formula is C21H27N3O4. The van der Waals surface area contributed by atoms with Crippen molar-refractivity contribution in [3.8, 4) is 11.5 Å². The first-order chi connectivity index (χ1) is 13.6. The third kappa shape index (κ3) is 5.13. The summed E-state index contributed by atoms with van der Waals surface area (Å²) in [4.78, 5) is 16.6. The van der Waals surface area contributed by atoms with Crippen LogP contribution in [0.1, 0.15) is 23.9 Å². The van der Waals surface area contributed by atoms with E-state index in [-0.39, 0.29) is 5.91 Å². The SMILES string of the molecule is CCOc1ccc(/C=C/C(=O)N2CCN(Cc3cc(C)no3)CC2)cc1OC. The van der Waals surface area contributed by atoms with E-state index in [4.69, 9.17) is 14.0 Å². The molecule has 1 fully saturated rings. The van der Waals surface area contributed by atoms with Crippen molar-refractivity contribution in [1.29, 1.82) is 0 Å². The summed E-state index contributed by atoms with van der Waals surface area (Å²) in [5.74, 6) is 2.24. The lowest BCUT2D eigenvalue weighted by Crippen LogP contribution is -2.47. The molecule has 7 heteroatoms. The highest BCUT2D eigenvalue weighted by molar-refractivity contribution is 5.92. The minimum atomic E-state index is 0.0167. The molecule has 28 heavy (non-hydrogen) atoms. The van der Waals surface area contributed by atoms with E-state index in [0.717, 1.165) is 36.7 Å². The van der Waals surface area contributed by atoms with Crippen LogP contribution >= 0.6 is 0 Å². The second-order valence-electron chi connectivity index (χ2n) is 6.71. The van der Waals surface area contributed by atoms with Crippen LogP contribution in [0, 0.1) is 6.92 Å². The highest BCUT2D eigenvalue weighted by atomic mass is 16.5. The molecule has 0 N–H and O–H groups in total. The van der Waals surface area contributed by atoms with Gasteiger partial charge < -0.3 is 18.9 Å². The van der Waals surface area contributed by atoms with Crippen molar-refractivity contribution in [2.45, 2.75) is 20.4 Å². The Kier molecular flexibility index (Phi) is 6.71. The number of rotatable bonds is 7. The Morgan fingerprint density at radius 3 is 2.64 bits per heavy atom. The van der Waals surface area contributed by atoms with Crippen LogP contribution in [0.3, 0.4) is 0 Å². The number of carbonyl (C=O) groups is 1. The fourth-order valence-electron chi connectivity index (χ4n) is 3.17. The highest BCUT2D eigenvalue weighted by Gasteiger charge is 2.20. The molecule has 0 bridgehead atoms. The average molecular weight is 385 g/mol. The summed E-state index contributed by atoms with van der Waals surface area (Å²) < 4.78 is 16.1. The predicted molar refractivity (Wildman–Crippen MR) is 106 cm³/mol. The van der Waals surface area contributed by atoms with E-state index in [1.165, 1.54) is 0 Å². The lowest BCUT2D eigenvalue weighted by molar-refractivity contribution is -0.127. The van der Waals surface area contributed by atoms with E-state index in [1.807, 2.05) is 49.1 Å². The lowest BCUT2D eigenvalue weighted by atomic mass is 10.2. The number of amides is 1. The summed E-state index contributed by atoms with van der Waals surface area (Å²) in [7, 11) is 1.61. The van der Waals surface area contributed by atoms with Crippen molar-refractivity contribution in [1.82, 2.24) is 15.0 Å². The fraction of sp³-hybridized carbons (Fsp3) is 0.429. The van der Waals surface area contributed by atoms with Crippen LogP contribution in [0.4, 0.5) is 0 Å². The van der Waals surface area contributed by atoms with Gasteiger partial charge in [-0.2, -0.15) is 0 Å². The number of nitrogens with zero attached hydrogens (tertiary/aromatic N) is 3. The zero-order valence-electron chi connectivity index (χ0n) is 16.7. The van der Waals surface area contributed by atoms with E-state index < -0.39 is 0 Å². The first-order valence-electron chi connectivity index (χ1n) is 9.51. The first kappa shape index (κ1) is 19.9. The smallest absolute Gasteiger partial charge is 0.246 e. The standard InChI is InChI=1S/C21H27N3O4/c1-4-27-19-7-5-17(14-20(19)26-3)6-8-21(25)24-11-9-23(10-12-24)15-18-13-16(2)22-28-18/h5-8,13-14H,4,9-12,15H2,1-3H3/b8-6+. The van der Waals surface area contributed by atoms with E-state index in [0.29, 0.717) is 31.2 Å². The molecule has 1 aromatic heterocycles. The van der Waals surface area contributed by atoms with Gasteiger partial charge in [-0.05, 0) is 37.6 Å². The van der Waals surface area contributed by atoms with Crippen molar-refractivity contribution in [3.63, 3.8) is 0 Å². The molecule has 1 saturated heterocycles. The van der Waals surface area contributed by atoms with Gasteiger partial charge in [-0.1, -0.05) is 11.2 Å². The van der Waals surface area contributed by atoms with E-state index >= 15 is 0 Å². The van der Waals surface area contributed by atoms with E-state index in [1.54, 1.807) is 13.2 Å². The Morgan fingerprint density at radius 1 is 1.21 bits per heavy atom. The Balaban J connectivity index is 1.52. The van der Waals surface area contributed by atoms with Crippen LogP contribution in [0.5, 0.6) is 11.5 Å². The third-order valence-electron chi connectivity index (χ3n) is 4.65. The maximum absolute atomic E-state index is 12.5. The van der Waals surface area contributed by atoms with Crippen molar-refractivity contribution in [2.24, 2.45) is 0 Å². The van der Waals surface area contributed by atoms with Gasteiger partial charge in [0.05, 0.1) is 26.0 Å². The maximum Gasteiger partial charge on any atom is 0.246 e. The molecule has 1 amide bonds. The lowest BCUT2D eigenvalue weighted by Gasteiger charge is -2.33. The normalized spacial score (nSPS) is 15.2. The second kappa shape index (κ2) is 9.41. The Hall–Kier alpha value is -2.80.